The van der Waals surface area contributed by atoms with Crippen LogP contribution in [0, 0.1) is 5.41 Å². The third-order valence-corrected chi connectivity index (χ3v) is 6.74. The number of rotatable bonds is 2. The number of nitrogens with one attached hydrogen (secondary N) is 1. The standard InChI is InChI=1S/C19H27N7O/c20-18-22-15-14(11-21-24-15)16(23-18)25-10-8-19(12-25)7-4-9-26(17(19)27)13-5-2-1-3-6-13/h11,13H,1-10,12H2,(H3,20,21,22,23,24)/t19-/m1/s1. The lowest BCUT2D eigenvalue weighted by molar-refractivity contribution is -0.148. The number of hydrogen-bond acceptors (Lipinski definition) is 6. The minimum absolute atomic E-state index is 0.238. The maximum absolute atomic E-state index is 13.5. The van der Waals surface area contributed by atoms with Gasteiger partial charge in [-0.3, -0.25) is 9.89 Å². The van der Waals surface area contributed by atoms with E-state index in [1.165, 1.54) is 32.1 Å². The number of fused-ring (bicyclic) bond motifs is 1. The molecule has 5 rings (SSSR count). The Morgan fingerprint density at radius 3 is 2.81 bits per heavy atom. The molecule has 27 heavy (non-hydrogen) atoms. The van der Waals surface area contributed by atoms with Gasteiger partial charge in [-0.05, 0) is 32.1 Å². The van der Waals surface area contributed by atoms with Crippen LogP contribution in [0.4, 0.5) is 11.8 Å². The zero-order valence-corrected chi connectivity index (χ0v) is 15.7. The fraction of sp³-hybridized carbons (Fsp3) is 0.684. The molecule has 1 amide bonds. The van der Waals surface area contributed by atoms with E-state index >= 15 is 0 Å². The number of aromatic nitrogens is 4. The summed E-state index contributed by atoms with van der Waals surface area (Å²) in [5, 5.41) is 7.82. The molecule has 2 saturated heterocycles. The summed E-state index contributed by atoms with van der Waals surface area (Å²) >= 11 is 0. The molecule has 1 spiro atoms. The molecule has 0 radical (unpaired) electrons. The van der Waals surface area contributed by atoms with Gasteiger partial charge in [-0.2, -0.15) is 15.1 Å². The summed E-state index contributed by atoms with van der Waals surface area (Å²) in [5.41, 5.74) is 6.27. The Hall–Kier alpha value is -2.38. The second kappa shape index (κ2) is 6.35. The molecule has 3 N–H and O–H groups in total. The fourth-order valence-corrected chi connectivity index (χ4v) is 5.35. The number of likely N-dealkylation sites (tertiary alicyclic amines) is 1. The van der Waals surface area contributed by atoms with Gasteiger partial charge in [0, 0.05) is 25.7 Å². The molecule has 1 atom stereocenters. The van der Waals surface area contributed by atoms with Gasteiger partial charge >= 0.3 is 0 Å². The van der Waals surface area contributed by atoms with Gasteiger partial charge in [0.15, 0.2) is 5.65 Å². The normalized spacial score (nSPS) is 27.2. The van der Waals surface area contributed by atoms with Gasteiger partial charge in [0.2, 0.25) is 11.9 Å². The minimum atomic E-state index is -0.272. The van der Waals surface area contributed by atoms with Crippen molar-refractivity contribution >= 4 is 28.7 Å². The molecule has 2 aliphatic heterocycles. The molecule has 3 aliphatic rings. The van der Waals surface area contributed by atoms with E-state index in [1.54, 1.807) is 6.20 Å². The number of H-pyrrole nitrogens is 1. The van der Waals surface area contributed by atoms with E-state index < -0.39 is 0 Å². The maximum atomic E-state index is 13.5. The van der Waals surface area contributed by atoms with Crippen molar-refractivity contribution in [3.05, 3.63) is 6.20 Å². The predicted molar refractivity (Wildman–Crippen MR) is 103 cm³/mol. The van der Waals surface area contributed by atoms with Crippen LogP contribution in [0.5, 0.6) is 0 Å². The van der Waals surface area contributed by atoms with Gasteiger partial charge in [-0.1, -0.05) is 19.3 Å². The van der Waals surface area contributed by atoms with Crippen molar-refractivity contribution < 1.29 is 4.79 Å². The zero-order chi connectivity index (χ0) is 18.4. The topological polar surface area (TPSA) is 104 Å². The highest BCUT2D eigenvalue weighted by Gasteiger charge is 2.50. The quantitative estimate of drug-likeness (QED) is 0.840. The predicted octanol–water partition coefficient (Wildman–Crippen LogP) is 2.09. The largest absolute Gasteiger partial charge is 0.368 e. The second-order valence-electron chi connectivity index (χ2n) is 8.38. The smallest absolute Gasteiger partial charge is 0.230 e. The van der Waals surface area contributed by atoms with Crippen LogP contribution < -0.4 is 10.6 Å². The Morgan fingerprint density at radius 1 is 1.11 bits per heavy atom. The Labute approximate surface area is 158 Å². The van der Waals surface area contributed by atoms with Crippen molar-refractivity contribution in [3.63, 3.8) is 0 Å². The highest BCUT2D eigenvalue weighted by Crippen LogP contribution is 2.43. The molecule has 0 bridgehead atoms. The molecular formula is C19H27N7O. The number of hydrogen-bond donors (Lipinski definition) is 2. The fourth-order valence-electron chi connectivity index (χ4n) is 5.35. The average Bonchev–Trinajstić information content (AvgIpc) is 3.32. The monoisotopic (exact) mass is 369 g/mol. The highest BCUT2D eigenvalue weighted by molar-refractivity contribution is 5.89. The Kier molecular flexibility index (Phi) is 3.94. The lowest BCUT2D eigenvalue weighted by Gasteiger charge is -2.44. The summed E-state index contributed by atoms with van der Waals surface area (Å²) in [4.78, 5) is 26.6. The SMILES string of the molecule is Nc1nc(N2CC[C@]3(CCCN(C4CCCCC4)C3=O)C2)c2cn[nH]c2n1. The van der Waals surface area contributed by atoms with E-state index in [1.807, 2.05) is 0 Å². The van der Waals surface area contributed by atoms with Gasteiger partial charge in [-0.15, -0.1) is 0 Å². The number of carbonyl (C=O) groups excluding carboxylic acids is 1. The van der Waals surface area contributed by atoms with Crippen LogP contribution in [0.25, 0.3) is 11.0 Å². The maximum Gasteiger partial charge on any atom is 0.230 e. The first-order valence-corrected chi connectivity index (χ1v) is 10.2. The molecule has 2 aromatic rings. The first-order chi connectivity index (χ1) is 13.2. The van der Waals surface area contributed by atoms with Crippen molar-refractivity contribution in [1.82, 2.24) is 25.1 Å². The van der Waals surface area contributed by atoms with Crippen LogP contribution in [0.1, 0.15) is 51.4 Å². The summed E-state index contributed by atoms with van der Waals surface area (Å²) in [5.74, 6) is 1.40. The van der Waals surface area contributed by atoms with E-state index in [9.17, 15) is 4.79 Å². The number of piperidine rings is 1. The first-order valence-electron chi connectivity index (χ1n) is 10.2. The van der Waals surface area contributed by atoms with Gasteiger partial charge < -0.3 is 15.5 Å². The van der Waals surface area contributed by atoms with Gasteiger partial charge in [0.05, 0.1) is 17.0 Å². The van der Waals surface area contributed by atoms with Gasteiger partial charge in [0.1, 0.15) is 5.82 Å². The molecule has 1 saturated carbocycles. The number of nitrogens with two attached hydrogens (primary N) is 1. The van der Waals surface area contributed by atoms with E-state index in [0.29, 0.717) is 24.1 Å². The molecule has 0 aromatic carbocycles. The van der Waals surface area contributed by atoms with Crippen LogP contribution in [-0.2, 0) is 4.79 Å². The average molecular weight is 369 g/mol. The highest BCUT2D eigenvalue weighted by atomic mass is 16.2. The van der Waals surface area contributed by atoms with Gasteiger partial charge in [0.25, 0.3) is 0 Å². The van der Waals surface area contributed by atoms with Crippen molar-refractivity contribution in [2.75, 3.05) is 30.3 Å². The molecule has 4 heterocycles. The number of nitrogen functional groups attached to an aromatic ring is 1. The van der Waals surface area contributed by atoms with E-state index in [2.05, 4.69) is 30.0 Å². The third kappa shape index (κ3) is 2.73. The summed E-state index contributed by atoms with van der Waals surface area (Å²) in [6, 6.07) is 0.452. The summed E-state index contributed by atoms with van der Waals surface area (Å²) in [6.07, 6.45) is 10.9. The van der Waals surface area contributed by atoms with Crippen molar-refractivity contribution in [3.8, 4) is 0 Å². The molecule has 2 aromatic heterocycles. The van der Waals surface area contributed by atoms with Gasteiger partial charge in [-0.25, -0.2) is 0 Å². The van der Waals surface area contributed by atoms with Crippen LogP contribution in [-0.4, -0.2) is 56.6 Å². The van der Waals surface area contributed by atoms with Crippen LogP contribution >= 0.6 is 0 Å². The van der Waals surface area contributed by atoms with Crippen molar-refractivity contribution in [2.24, 2.45) is 5.41 Å². The Morgan fingerprint density at radius 2 is 1.96 bits per heavy atom. The number of nitrogens with zero attached hydrogens (tertiary/aromatic N) is 5. The lowest BCUT2D eigenvalue weighted by atomic mass is 9.77. The molecule has 144 valence electrons. The molecule has 8 nitrogen and oxygen atoms in total. The molecule has 0 unspecified atom stereocenters. The summed E-state index contributed by atoms with van der Waals surface area (Å²) < 4.78 is 0. The van der Waals surface area contributed by atoms with E-state index in [4.69, 9.17) is 5.73 Å². The first kappa shape index (κ1) is 16.8. The van der Waals surface area contributed by atoms with Crippen LogP contribution in [0.3, 0.4) is 0 Å². The summed E-state index contributed by atoms with van der Waals surface area (Å²) in [6.45, 7) is 2.46. The summed E-state index contributed by atoms with van der Waals surface area (Å²) in [7, 11) is 0. The van der Waals surface area contributed by atoms with Crippen molar-refractivity contribution in [1.29, 1.82) is 0 Å². The van der Waals surface area contributed by atoms with Crippen LogP contribution in [0.15, 0.2) is 6.20 Å². The zero-order valence-electron chi connectivity index (χ0n) is 15.7. The van der Waals surface area contributed by atoms with Crippen LogP contribution in [0.2, 0.25) is 0 Å². The van der Waals surface area contributed by atoms with E-state index in [-0.39, 0.29) is 11.4 Å². The second-order valence-corrected chi connectivity index (χ2v) is 8.38. The molecule has 1 aliphatic carbocycles. The number of anilines is 2. The minimum Gasteiger partial charge on any atom is -0.368 e. The molecule has 8 heteroatoms. The van der Waals surface area contributed by atoms with E-state index in [0.717, 1.165) is 43.6 Å². The Bertz CT molecular complexity index is 859. The lowest BCUT2D eigenvalue weighted by Crippen LogP contribution is -2.54. The Balaban J connectivity index is 1.41. The van der Waals surface area contributed by atoms with Crippen molar-refractivity contribution in [2.45, 2.75) is 57.4 Å². The molecule has 3 fully saturated rings. The number of aromatic amines is 1. The number of amides is 1. The molecular weight excluding hydrogens is 342 g/mol. The number of carbonyl (C=O) groups is 1. The third-order valence-electron chi connectivity index (χ3n) is 6.74.